The first-order chi connectivity index (χ1) is 13.5. The molecule has 3 rings (SSSR count). The maximum atomic E-state index is 12.6. The molecule has 0 spiro atoms. The number of carbonyl (C=O) groups is 2. The van der Waals surface area contributed by atoms with Crippen molar-refractivity contribution in [3.8, 4) is 11.5 Å². The van der Waals surface area contributed by atoms with Gasteiger partial charge in [0.25, 0.3) is 0 Å². The smallest absolute Gasteiger partial charge is 0.227 e. The van der Waals surface area contributed by atoms with Crippen LogP contribution in [0.25, 0.3) is 0 Å². The Morgan fingerprint density at radius 3 is 2.86 bits per heavy atom. The zero-order chi connectivity index (χ0) is 20.3. The zero-order valence-corrected chi connectivity index (χ0v) is 16.8. The van der Waals surface area contributed by atoms with Crippen molar-refractivity contribution in [2.24, 2.45) is 5.92 Å². The third-order valence-corrected chi connectivity index (χ3v) is 5.06. The molecule has 1 aliphatic rings. The maximum absolute atomic E-state index is 12.6. The van der Waals surface area contributed by atoms with Crippen LogP contribution in [0.5, 0.6) is 11.5 Å². The molecular formula is C18H23N5O4S. The fraction of sp³-hybridized carbons (Fsp3) is 0.444. The number of benzene rings is 1. The summed E-state index contributed by atoms with van der Waals surface area (Å²) in [5, 5.41) is 9.69. The number of carbonyl (C=O) groups excluding carboxylic acids is 2. The first kappa shape index (κ1) is 19.9. The van der Waals surface area contributed by atoms with Crippen LogP contribution in [0.3, 0.4) is 0 Å². The fourth-order valence-electron chi connectivity index (χ4n) is 3.25. The Labute approximate surface area is 167 Å². The third-order valence-electron chi connectivity index (χ3n) is 4.75. The normalized spacial score (nSPS) is 16.3. The molecule has 2 amide bonds. The zero-order valence-electron chi connectivity index (χ0n) is 16.0. The summed E-state index contributed by atoms with van der Waals surface area (Å²) in [5.74, 6) is 1.02. The molecular weight excluding hydrogens is 382 g/mol. The van der Waals surface area contributed by atoms with Crippen LogP contribution in [0.2, 0.25) is 0 Å². The van der Waals surface area contributed by atoms with E-state index in [-0.39, 0.29) is 31.3 Å². The van der Waals surface area contributed by atoms with E-state index < -0.39 is 5.92 Å². The van der Waals surface area contributed by atoms with Crippen molar-refractivity contribution in [3.05, 3.63) is 28.8 Å². The average molecular weight is 405 g/mol. The molecule has 0 radical (unpaired) electrons. The summed E-state index contributed by atoms with van der Waals surface area (Å²) in [6, 6.07) is 5.23. The van der Waals surface area contributed by atoms with Crippen LogP contribution in [0.4, 0.5) is 5.69 Å². The Kier molecular flexibility index (Phi) is 5.98. The molecule has 1 aromatic heterocycles. The highest BCUT2D eigenvalue weighted by Gasteiger charge is 2.36. The summed E-state index contributed by atoms with van der Waals surface area (Å²) in [5.41, 5.74) is 0.592. The number of aromatic nitrogens is 3. The first-order valence-electron chi connectivity index (χ1n) is 8.92. The number of anilines is 1. The minimum absolute atomic E-state index is 0.132. The van der Waals surface area contributed by atoms with Crippen LogP contribution >= 0.6 is 12.2 Å². The molecule has 1 saturated heterocycles. The predicted octanol–water partition coefficient (Wildman–Crippen LogP) is 1.65. The van der Waals surface area contributed by atoms with E-state index in [1.54, 1.807) is 30.2 Å². The quantitative estimate of drug-likeness (QED) is 0.679. The van der Waals surface area contributed by atoms with Gasteiger partial charge in [-0.3, -0.25) is 14.7 Å². The topological polar surface area (TPSA) is 101 Å². The molecule has 2 aromatic rings. The summed E-state index contributed by atoms with van der Waals surface area (Å²) in [4.78, 5) is 26.7. The lowest BCUT2D eigenvalue weighted by Gasteiger charge is -2.20. The number of hydrogen-bond acceptors (Lipinski definition) is 6. The number of nitrogens with zero attached hydrogens (tertiary/aromatic N) is 3. The maximum Gasteiger partial charge on any atom is 0.227 e. The second kappa shape index (κ2) is 8.42. The van der Waals surface area contributed by atoms with Gasteiger partial charge in [0, 0.05) is 25.6 Å². The Morgan fingerprint density at radius 2 is 2.18 bits per heavy atom. The van der Waals surface area contributed by atoms with Crippen molar-refractivity contribution >= 4 is 29.7 Å². The van der Waals surface area contributed by atoms with E-state index in [0.29, 0.717) is 34.3 Å². The van der Waals surface area contributed by atoms with E-state index in [9.17, 15) is 9.59 Å². The number of hydrogen-bond donors (Lipinski definition) is 2. The van der Waals surface area contributed by atoms with Crippen molar-refractivity contribution in [1.29, 1.82) is 0 Å². The van der Waals surface area contributed by atoms with Gasteiger partial charge in [0.2, 0.25) is 11.8 Å². The van der Waals surface area contributed by atoms with E-state index in [1.165, 1.54) is 7.11 Å². The van der Waals surface area contributed by atoms with E-state index in [0.717, 1.165) is 0 Å². The second-order valence-corrected chi connectivity index (χ2v) is 6.74. The molecule has 0 saturated carbocycles. The van der Waals surface area contributed by atoms with Crippen LogP contribution in [0.1, 0.15) is 19.2 Å². The summed E-state index contributed by atoms with van der Waals surface area (Å²) >= 11 is 5.15. The SMILES string of the molecule is CCn1c(CNC(=O)C2CC(=O)N(c3cc(OC)ccc3OC)C2)n[nH]c1=S. The average Bonchev–Trinajstić information content (AvgIpc) is 3.27. The van der Waals surface area contributed by atoms with Crippen LogP contribution < -0.4 is 19.7 Å². The van der Waals surface area contributed by atoms with Gasteiger partial charge in [-0.2, -0.15) is 5.10 Å². The number of H-pyrrole nitrogens is 1. The van der Waals surface area contributed by atoms with E-state index in [2.05, 4.69) is 15.5 Å². The lowest BCUT2D eigenvalue weighted by atomic mass is 10.1. The van der Waals surface area contributed by atoms with Crippen LogP contribution in [0.15, 0.2) is 18.2 Å². The van der Waals surface area contributed by atoms with Crippen molar-refractivity contribution in [1.82, 2.24) is 20.1 Å². The van der Waals surface area contributed by atoms with Crippen molar-refractivity contribution in [3.63, 3.8) is 0 Å². The minimum atomic E-state index is -0.458. The van der Waals surface area contributed by atoms with Gasteiger partial charge in [-0.1, -0.05) is 0 Å². The molecule has 0 bridgehead atoms. The molecule has 150 valence electrons. The summed E-state index contributed by atoms with van der Waals surface area (Å²) in [7, 11) is 3.09. The molecule has 2 N–H and O–H groups in total. The minimum Gasteiger partial charge on any atom is -0.497 e. The third kappa shape index (κ3) is 3.86. The van der Waals surface area contributed by atoms with Crippen LogP contribution in [-0.2, 0) is 22.7 Å². The lowest BCUT2D eigenvalue weighted by Crippen LogP contribution is -2.33. The molecule has 9 nitrogen and oxygen atoms in total. The van der Waals surface area contributed by atoms with E-state index in [1.807, 2.05) is 11.5 Å². The molecule has 0 aliphatic carbocycles. The fourth-order valence-corrected chi connectivity index (χ4v) is 3.53. The van der Waals surface area contributed by atoms with Crippen molar-refractivity contribution < 1.29 is 19.1 Å². The Balaban J connectivity index is 1.70. The van der Waals surface area contributed by atoms with Gasteiger partial charge in [-0.05, 0) is 31.3 Å². The van der Waals surface area contributed by atoms with Gasteiger partial charge >= 0.3 is 0 Å². The monoisotopic (exact) mass is 405 g/mol. The largest absolute Gasteiger partial charge is 0.497 e. The molecule has 10 heteroatoms. The summed E-state index contributed by atoms with van der Waals surface area (Å²) in [6.45, 7) is 3.12. The van der Waals surface area contributed by atoms with Gasteiger partial charge in [0.05, 0.1) is 32.4 Å². The standard InChI is InChI=1S/C18H23N5O4S/c1-4-22-15(20-21-18(22)28)9-19-17(25)11-7-16(24)23(10-11)13-8-12(26-2)5-6-14(13)27-3/h5-6,8,11H,4,7,9-10H2,1-3H3,(H,19,25)(H,21,28). The van der Waals surface area contributed by atoms with Gasteiger partial charge in [0.1, 0.15) is 11.5 Å². The number of amides is 2. The summed E-state index contributed by atoms with van der Waals surface area (Å²) in [6.07, 6.45) is 0.132. The first-order valence-corrected chi connectivity index (χ1v) is 9.33. The molecule has 1 unspecified atom stereocenters. The second-order valence-electron chi connectivity index (χ2n) is 6.35. The summed E-state index contributed by atoms with van der Waals surface area (Å²) < 4.78 is 12.9. The van der Waals surface area contributed by atoms with Gasteiger partial charge in [0.15, 0.2) is 10.6 Å². The van der Waals surface area contributed by atoms with Gasteiger partial charge < -0.3 is 24.3 Å². The lowest BCUT2D eigenvalue weighted by molar-refractivity contribution is -0.126. The van der Waals surface area contributed by atoms with Crippen LogP contribution in [-0.4, -0.2) is 47.3 Å². The molecule has 1 fully saturated rings. The Bertz CT molecular complexity index is 938. The molecule has 1 aliphatic heterocycles. The molecule has 1 aromatic carbocycles. The van der Waals surface area contributed by atoms with E-state index in [4.69, 9.17) is 21.7 Å². The van der Waals surface area contributed by atoms with Gasteiger partial charge in [-0.15, -0.1) is 0 Å². The number of methoxy groups -OCH3 is 2. The van der Waals surface area contributed by atoms with Crippen molar-refractivity contribution in [2.45, 2.75) is 26.4 Å². The van der Waals surface area contributed by atoms with E-state index >= 15 is 0 Å². The highest BCUT2D eigenvalue weighted by Crippen LogP contribution is 2.36. The van der Waals surface area contributed by atoms with Crippen LogP contribution in [0, 0.1) is 10.7 Å². The predicted molar refractivity (Wildman–Crippen MR) is 105 cm³/mol. The number of rotatable bonds is 7. The number of nitrogens with one attached hydrogen (secondary N) is 2. The highest BCUT2D eigenvalue weighted by atomic mass is 32.1. The Morgan fingerprint density at radius 1 is 1.39 bits per heavy atom. The van der Waals surface area contributed by atoms with Crippen molar-refractivity contribution in [2.75, 3.05) is 25.7 Å². The molecule has 1 atom stereocenters. The molecule has 28 heavy (non-hydrogen) atoms. The Hall–Kier alpha value is -2.88. The highest BCUT2D eigenvalue weighted by molar-refractivity contribution is 7.71. The van der Waals surface area contributed by atoms with Gasteiger partial charge in [-0.25, -0.2) is 0 Å². The number of aromatic amines is 1. The molecule has 2 heterocycles. The number of ether oxygens (including phenoxy) is 2.